The molecule has 3 N–H and O–H groups in total. The van der Waals surface area contributed by atoms with E-state index in [1.54, 1.807) is 0 Å². The fourth-order valence-electron chi connectivity index (χ4n) is 1.94. The molecular weight excluding hydrogens is 138 g/mol. The lowest BCUT2D eigenvalue weighted by molar-refractivity contribution is 0.104. The Kier molecular flexibility index (Phi) is 2.01. The number of aliphatic hydroxyl groups excluding tert-OH is 1. The average molecular weight is 157 g/mol. The summed E-state index contributed by atoms with van der Waals surface area (Å²) in [6.45, 7) is 6.67. The minimum Gasteiger partial charge on any atom is -0.396 e. The molecule has 1 rings (SSSR count). The first kappa shape index (κ1) is 9.01. The van der Waals surface area contributed by atoms with Gasteiger partial charge in [0.15, 0.2) is 0 Å². The number of hydrogen-bond acceptors (Lipinski definition) is 2. The van der Waals surface area contributed by atoms with E-state index in [9.17, 15) is 0 Å². The third-order valence-corrected chi connectivity index (χ3v) is 3.73. The predicted octanol–water partition coefficient (Wildman–Crippen LogP) is 1.13. The molecule has 1 aliphatic rings. The maximum absolute atomic E-state index is 9.08. The zero-order valence-electron chi connectivity index (χ0n) is 7.72. The summed E-state index contributed by atoms with van der Waals surface area (Å²) in [6, 6.07) is 0. The van der Waals surface area contributed by atoms with Crippen LogP contribution in [0.25, 0.3) is 0 Å². The van der Waals surface area contributed by atoms with E-state index in [0.29, 0.717) is 5.92 Å². The summed E-state index contributed by atoms with van der Waals surface area (Å²) in [5.74, 6) is 0.387. The van der Waals surface area contributed by atoms with Crippen molar-refractivity contribution in [1.82, 2.24) is 0 Å². The molecule has 0 aromatic heterocycles. The predicted molar refractivity (Wildman–Crippen MR) is 46.2 cm³/mol. The minimum absolute atomic E-state index is 0.0851. The van der Waals surface area contributed by atoms with Crippen LogP contribution >= 0.6 is 0 Å². The molecule has 2 unspecified atom stereocenters. The van der Waals surface area contributed by atoms with E-state index >= 15 is 0 Å². The zero-order chi connectivity index (χ0) is 8.70. The molecule has 1 saturated carbocycles. The zero-order valence-corrected chi connectivity index (χ0v) is 7.72. The second-order valence-electron chi connectivity index (χ2n) is 4.56. The van der Waals surface area contributed by atoms with Gasteiger partial charge in [-0.2, -0.15) is 0 Å². The lowest BCUT2D eigenvalue weighted by Gasteiger charge is -2.38. The Morgan fingerprint density at radius 2 is 2.00 bits per heavy atom. The summed E-state index contributed by atoms with van der Waals surface area (Å²) in [6.07, 6.45) is 2.10. The molecule has 66 valence electrons. The summed E-state index contributed by atoms with van der Waals surface area (Å²) < 4.78 is 0. The van der Waals surface area contributed by atoms with Gasteiger partial charge in [0.05, 0.1) is 0 Å². The van der Waals surface area contributed by atoms with Gasteiger partial charge in [0, 0.05) is 12.1 Å². The molecule has 0 aromatic rings. The molecule has 0 bridgehead atoms. The molecule has 0 saturated heterocycles. The van der Waals surface area contributed by atoms with Crippen LogP contribution in [-0.2, 0) is 0 Å². The first-order valence-electron chi connectivity index (χ1n) is 4.31. The Bertz CT molecular complexity index is 152. The lowest BCUT2D eigenvalue weighted by atomic mass is 9.72. The largest absolute Gasteiger partial charge is 0.396 e. The first-order chi connectivity index (χ1) is 4.92. The van der Waals surface area contributed by atoms with Gasteiger partial charge in [0.25, 0.3) is 0 Å². The maximum atomic E-state index is 9.08. The van der Waals surface area contributed by atoms with Crippen LogP contribution in [-0.4, -0.2) is 17.3 Å². The van der Waals surface area contributed by atoms with Gasteiger partial charge in [-0.15, -0.1) is 0 Å². The number of nitrogens with two attached hydrogens (primary N) is 1. The molecule has 0 aromatic carbocycles. The molecule has 2 nitrogen and oxygen atoms in total. The summed E-state index contributed by atoms with van der Waals surface area (Å²) in [5, 5.41) is 9.08. The highest BCUT2D eigenvalue weighted by molar-refractivity contribution is 5.03. The van der Waals surface area contributed by atoms with Crippen LogP contribution in [0.15, 0.2) is 0 Å². The van der Waals surface area contributed by atoms with E-state index in [-0.39, 0.29) is 17.6 Å². The fourth-order valence-corrected chi connectivity index (χ4v) is 1.94. The van der Waals surface area contributed by atoms with Crippen molar-refractivity contribution in [3.05, 3.63) is 0 Å². The van der Waals surface area contributed by atoms with E-state index in [1.807, 2.05) is 0 Å². The standard InChI is InChI=1S/C9H19NO/c1-8(2)7(6-11)4-5-9(8,3)10/h7,11H,4-6,10H2,1-3H3. The van der Waals surface area contributed by atoms with Gasteiger partial charge in [-0.1, -0.05) is 13.8 Å². The monoisotopic (exact) mass is 157 g/mol. The lowest BCUT2D eigenvalue weighted by Crippen LogP contribution is -2.48. The van der Waals surface area contributed by atoms with E-state index < -0.39 is 0 Å². The topological polar surface area (TPSA) is 46.2 Å². The van der Waals surface area contributed by atoms with Crippen LogP contribution in [0.3, 0.4) is 0 Å². The van der Waals surface area contributed by atoms with Crippen LogP contribution in [0.5, 0.6) is 0 Å². The van der Waals surface area contributed by atoms with Crippen molar-refractivity contribution in [2.24, 2.45) is 17.1 Å². The quantitative estimate of drug-likeness (QED) is 0.599. The maximum Gasteiger partial charge on any atom is 0.0465 e. The van der Waals surface area contributed by atoms with Crippen LogP contribution < -0.4 is 5.73 Å². The highest BCUT2D eigenvalue weighted by atomic mass is 16.3. The van der Waals surface area contributed by atoms with Crippen molar-refractivity contribution in [3.63, 3.8) is 0 Å². The highest BCUT2D eigenvalue weighted by Gasteiger charge is 2.48. The summed E-state index contributed by atoms with van der Waals surface area (Å²) in [7, 11) is 0. The molecular formula is C9H19NO. The van der Waals surface area contributed by atoms with Gasteiger partial charge < -0.3 is 10.8 Å². The van der Waals surface area contributed by atoms with Gasteiger partial charge in [-0.05, 0) is 31.1 Å². The summed E-state index contributed by atoms with van der Waals surface area (Å²) >= 11 is 0. The number of rotatable bonds is 1. The minimum atomic E-state index is -0.0968. The van der Waals surface area contributed by atoms with Crippen molar-refractivity contribution in [3.8, 4) is 0 Å². The van der Waals surface area contributed by atoms with Crippen LogP contribution in [0, 0.1) is 11.3 Å². The van der Waals surface area contributed by atoms with Crippen molar-refractivity contribution in [1.29, 1.82) is 0 Å². The SMILES string of the molecule is CC1(N)CCC(CO)C1(C)C. The first-order valence-corrected chi connectivity index (χ1v) is 4.31. The number of aliphatic hydroxyl groups is 1. The normalized spacial score (nSPS) is 42.8. The van der Waals surface area contributed by atoms with E-state index in [1.165, 1.54) is 0 Å². The Morgan fingerprint density at radius 1 is 1.45 bits per heavy atom. The van der Waals surface area contributed by atoms with Gasteiger partial charge in [-0.3, -0.25) is 0 Å². The molecule has 11 heavy (non-hydrogen) atoms. The van der Waals surface area contributed by atoms with E-state index in [0.717, 1.165) is 12.8 Å². The van der Waals surface area contributed by atoms with Crippen molar-refractivity contribution < 1.29 is 5.11 Å². The molecule has 2 atom stereocenters. The van der Waals surface area contributed by atoms with E-state index in [2.05, 4.69) is 20.8 Å². The van der Waals surface area contributed by atoms with Gasteiger partial charge >= 0.3 is 0 Å². The Morgan fingerprint density at radius 3 is 2.18 bits per heavy atom. The molecule has 0 radical (unpaired) electrons. The molecule has 1 fully saturated rings. The Hall–Kier alpha value is -0.0800. The molecule has 0 aliphatic heterocycles. The average Bonchev–Trinajstić information content (AvgIpc) is 2.05. The summed E-state index contributed by atoms with van der Waals surface area (Å²) in [4.78, 5) is 0. The molecule has 1 aliphatic carbocycles. The molecule has 2 heteroatoms. The molecule has 0 heterocycles. The Balaban J connectivity index is 2.81. The van der Waals surface area contributed by atoms with Gasteiger partial charge in [0.2, 0.25) is 0 Å². The fraction of sp³-hybridized carbons (Fsp3) is 1.00. The van der Waals surface area contributed by atoms with Crippen molar-refractivity contribution >= 4 is 0 Å². The second kappa shape index (κ2) is 2.46. The van der Waals surface area contributed by atoms with E-state index in [4.69, 9.17) is 10.8 Å². The van der Waals surface area contributed by atoms with Crippen molar-refractivity contribution in [2.45, 2.75) is 39.2 Å². The third-order valence-electron chi connectivity index (χ3n) is 3.73. The molecule has 0 amide bonds. The third kappa shape index (κ3) is 1.18. The number of hydrogen-bond donors (Lipinski definition) is 2. The van der Waals surface area contributed by atoms with Gasteiger partial charge in [0.1, 0.15) is 0 Å². The van der Waals surface area contributed by atoms with Crippen molar-refractivity contribution in [2.75, 3.05) is 6.61 Å². The highest BCUT2D eigenvalue weighted by Crippen LogP contribution is 2.48. The van der Waals surface area contributed by atoms with Crippen LogP contribution in [0.2, 0.25) is 0 Å². The smallest absolute Gasteiger partial charge is 0.0465 e. The summed E-state index contributed by atoms with van der Waals surface area (Å²) in [5.41, 5.74) is 6.10. The Labute approximate surface area is 68.8 Å². The van der Waals surface area contributed by atoms with Crippen LogP contribution in [0.4, 0.5) is 0 Å². The molecule has 0 spiro atoms. The van der Waals surface area contributed by atoms with Gasteiger partial charge in [-0.25, -0.2) is 0 Å². The van der Waals surface area contributed by atoms with Crippen LogP contribution in [0.1, 0.15) is 33.6 Å². The second-order valence-corrected chi connectivity index (χ2v) is 4.56.